The van der Waals surface area contributed by atoms with E-state index in [1.54, 1.807) is 23.1 Å². The van der Waals surface area contributed by atoms with Gasteiger partial charge in [0.2, 0.25) is 5.95 Å². The van der Waals surface area contributed by atoms with Crippen LogP contribution in [-0.2, 0) is 12.6 Å². The number of hydrogen-bond donors (Lipinski definition) is 3. The van der Waals surface area contributed by atoms with Gasteiger partial charge in [-0.25, -0.2) is 14.4 Å². The molecule has 4 rings (SSSR count). The van der Waals surface area contributed by atoms with Crippen LogP contribution < -0.4 is 10.2 Å². The van der Waals surface area contributed by atoms with Crippen molar-refractivity contribution in [1.29, 1.82) is 0 Å². The van der Waals surface area contributed by atoms with Crippen molar-refractivity contribution < 1.29 is 32.6 Å². The maximum atomic E-state index is 13.8. The van der Waals surface area contributed by atoms with Gasteiger partial charge >= 0.3 is 6.18 Å². The van der Waals surface area contributed by atoms with Crippen LogP contribution in [0.4, 0.5) is 29.2 Å². The summed E-state index contributed by atoms with van der Waals surface area (Å²) in [6, 6.07) is 8.33. The maximum absolute atomic E-state index is 13.8. The number of aliphatic hydroxyl groups excluding tert-OH is 2. The first-order chi connectivity index (χ1) is 16.2. The van der Waals surface area contributed by atoms with Crippen LogP contribution in [0.2, 0.25) is 0 Å². The fourth-order valence-electron chi connectivity index (χ4n) is 3.87. The third kappa shape index (κ3) is 4.70. The van der Waals surface area contributed by atoms with Crippen LogP contribution in [0.15, 0.2) is 48.7 Å². The van der Waals surface area contributed by atoms with Gasteiger partial charge in [0, 0.05) is 30.5 Å². The second-order valence-corrected chi connectivity index (χ2v) is 7.64. The SMILES string of the molecule is O=C(NCCO)c1cccc2c1CCN2c1nccc(C(O)c2cc(F)cc(C(F)(F)F)c2)n1. The number of benzene rings is 2. The summed E-state index contributed by atoms with van der Waals surface area (Å²) in [5, 5.41) is 22.2. The lowest BCUT2D eigenvalue weighted by molar-refractivity contribution is -0.137. The predicted octanol–water partition coefficient (Wildman–Crippen LogP) is 3.13. The van der Waals surface area contributed by atoms with Crippen molar-refractivity contribution in [3.63, 3.8) is 0 Å². The molecule has 1 aliphatic rings. The average Bonchev–Trinajstić information content (AvgIpc) is 3.25. The molecule has 2 aromatic carbocycles. The van der Waals surface area contributed by atoms with Gasteiger partial charge in [-0.15, -0.1) is 0 Å². The molecule has 1 unspecified atom stereocenters. The number of aliphatic hydroxyl groups is 2. The van der Waals surface area contributed by atoms with Crippen LogP contribution in [0.1, 0.15) is 38.8 Å². The van der Waals surface area contributed by atoms with Crippen molar-refractivity contribution in [2.45, 2.75) is 18.7 Å². The van der Waals surface area contributed by atoms with E-state index in [4.69, 9.17) is 5.11 Å². The van der Waals surface area contributed by atoms with Gasteiger partial charge in [0.25, 0.3) is 5.91 Å². The molecule has 0 bridgehead atoms. The van der Waals surface area contributed by atoms with Gasteiger partial charge in [-0.05, 0) is 53.9 Å². The summed E-state index contributed by atoms with van der Waals surface area (Å²) >= 11 is 0. The summed E-state index contributed by atoms with van der Waals surface area (Å²) < 4.78 is 53.0. The number of aromatic nitrogens is 2. The minimum Gasteiger partial charge on any atom is -0.395 e. The van der Waals surface area contributed by atoms with Crippen LogP contribution >= 0.6 is 0 Å². The Bertz CT molecular complexity index is 1220. The van der Waals surface area contributed by atoms with Gasteiger partial charge in [0.05, 0.1) is 17.9 Å². The number of carbonyl (C=O) groups excluding carboxylic acids is 1. The highest BCUT2D eigenvalue weighted by Gasteiger charge is 2.32. The summed E-state index contributed by atoms with van der Waals surface area (Å²) in [7, 11) is 0. The average molecular weight is 476 g/mol. The second-order valence-electron chi connectivity index (χ2n) is 7.64. The van der Waals surface area contributed by atoms with E-state index >= 15 is 0 Å². The van der Waals surface area contributed by atoms with Gasteiger partial charge < -0.3 is 20.4 Å². The van der Waals surface area contributed by atoms with Crippen LogP contribution in [-0.4, -0.2) is 45.8 Å². The standard InChI is InChI=1S/C23H20F4N4O3/c24-15-11-13(10-14(12-15)23(25,26)27)20(33)18-4-6-29-22(30-18)31-8-5-16-17(2-1-3-19(16)31)21(34)28-7-9-32/h1-4,6,10-12,20,32-33H,5,7-9H2,(H,28,34). The van der Waals surface area contributed by atoms with E-state index < -0.39 is 23.7 Å². The van der Waals surface area contributed by atoms with E-state index in [1.165, 1.54) is 12.3 Å². The molecular formula is C23H20F4N4O3. The summed E-state index contributed by atoms with van der Waals surface area (Å²) in [4.78, 5) is 22.7. The number of nitrogens with zero attached hydrogens (tertiary/aromatic N) is 3. The highest BCUT2D eigenvalue weighted by molar-refractivity contribution is 5.98. The zero-order valence-corrected chi connectivity index (χ0v) is 17.7. The first-order valence-electron chi connectivity index (χ1n) is 10.4. The molecule has 7 nitrogen and oxygen atoms in total. The van der Waals surface area contributed by atoms with Crippen LogP contribution in [0.5, 0.6) is 0 Å². The van der Waals surface area contributed by atoms with Gasteiger partial charge in [-0.2, -0.15) is 13.2 Å². The number of anilines is 2. The van der Waals surface area contributed by atoms with E-state index in [-0.39, 0.29) is 36.3 Å². The molecule has 0 spiro atoms. The summed E-state index contributed by atoms with van der Waals surface area (Å²) in [6.45, 7) is 0.356. The Labute approximate surface area is 191 Å². The fraction of sp³-hybridized carbons (Fsp3) is 0.261. The number of nitrogens with one attached hydrogen (secondary N) is 1. The molecule has 0 aliphatic carbocycles. The molecular weight excluding hydrogens is 456 g/mol. The first kappa shape index (κ1) is 23.6. The van der Waals surface area contributed by atoms with E-state index in [2.05, 4.69) is 15.3 Å². The molecule has 1 aromatic heterocycles. The zero-order valence-electron chi connectivity index (χ0n) is 17.7. The number of carbonyl (C=O) groups is 1. The minimum atomic E-state index is -4.77. The van der Waals surface area contributed by atoms with Crippen molar-refractivity contribution in [3.8, 4) is 0 Å². The van der Waals surface area contributed by atoms with Crippen LogP contribution in [0, 0.1) is 5.82 Å². The molecule has 1 aliphatic heterocycles. The third-order valence-electron chi connectivity index (χ3n) is 5.42. The Morgan fingerprint density at radius 2 is 2.00 bits per heavy atom. The van der Waals surface area contributed by atoms with Crippen molar-refractivity contribution in [3.05, 3.63) is 82.4 Å². The normalized spacial score (nSPS) is 14.1. The Kier molecular flexibility index (Phi) is 6.49. The molecule has 3 aromatic rings. The number of halogens is 4. The van der Waals surface area contributed by atoms with Crippen LogP contribution in [0.25, 0.3) is 0 Å². The summed E-state index contributed by atoms with van der Waals surface area (Å²) in [5.41, 5.74) is 0.372. The Morgan fingerprint density at radius 1 is 1.21 bits per heavy atom. The Balaban J connectivity index is 1.64. The van der Waals surface area contributed by atoms with Crippen LogP contribution in [0.3, 0.4) is 0 Å². The maximum Gasteiger partial charge on any atom is 0.416 e. The molecule has 0 radical (unpaired) electrons. The van der Waals surface area contributed by atoms with Crippen molar-refractivity contribution in [2.75, 3.05) is 24.6 Å². The highest BCUT2D eigenvalue weighted by atomic mass is 19.4. The lowest BCUT2D eigenvalue weighted by Crippen LogP contribution is -2.27. The topological polar surface area (TPSA) is 98.6 Å². The Hall–Kier alpha value is -3.57. The molecule has 1 amide bonds. The van der Waals surface area contributed by atoms with Gasteiger partial charge in [0.15, 0.2) is 0 Å². The number of rotatable bonds is 6. The number of fused-ring (bicyclic) bond motifs is 1. The minimum absolute atomic E-state index is 0.00554. The smallest absolute Gasteiger partial charge is 0.395 e. The van der Waals surface area contributed by atoms with Gasteiger partial charge in [-0.1, -0.05) is 6.07 Å². The number of alkyl halides is 3. The third-order valence-corrected chi connectivity index (χ3v) is 5.42. The molecule has 2 heterocycles. The zero-order chi connectivity index (χ0) is 24.5. The van der Waals surface area contributed by atoms with Crippen molar-refractivity contribution >= 4 is 17.5 Å². The summed E-state index contributed by atoms with van der Waals surface area (Å²) in [6.07, 6.45) is -4.53. The Morgan fingerprint density at radius 3 is 2.74 bits per heavy atom. The molecule has 34 heavy (non-hydrogen) atoms. The van der Waals surface area contributed by atoms with Gasteiger partial charge in [0.1, 0.15) is 11.9 Å². The highest BCUT2D eigenvalue weighted by Crippen LogP contribution is 2.36. The lowest BCUT2D eigenvalue weighted by Gasteiger charge is -2.19. The molecule has 0 saturated carbocycles. The van der Waals surface area contributed by atoms with E-state index in [9.17, 15) is 27.5 Å². The van der Waals surface area contributed by atoms with Gasteiger partial charge in [-0.3, -0.25) is 4.79 Å². The second kappa shape index (κ2) is 9.35. The predicted molar refractivity (Wildman–Crippen MR) is 114 cm³/mol. The number of hydrogen-bond acceptors (Lipinski definition) is 6. The monoisotopic (exact) mass is 476 g/mol. The fourth-order valence-corrected chi connectivity index (χ4v) is 3.87. The first-order valence-corrected chi connectivity index (χ1v) is 10.4. The molecule has 3 N–H and O–H groups in total. The van der Waals surface area contributed by atoms with E-state index in [1.807, 2.05) is 0 Å². The quantitative estimate of drug-likeness (QED) is 0.473. The van der Waals surface area contributed by atoms with E-state index in [0.717, 1.165) is 11.6 Å². The molecule has 178 valence electrons. The van der Waals surface area contributed by atoms with E-state index in [0.29, 0.717) is 36.3 Å². The molecule has 0 fully saturated rings. The lowest BCUT2D eigenvalue weighted by atomic mass is 10.0. The van der Waals surface area contributed by atoms with Crippen molar-refractivity contribution in [2.24, 2.45) is 0 Å². The molecule has 1 atom stereocenters. The van der Waals surface area contributed by atoms with Crippen molar-refractivity contribution in [1.82, 2.24) is 15.3 Å². The largest absolute Gasteiger partial charge is 0.416 e. The summed E-state index contributed by atoms with van der Waals surface area (Å²) in [5.74, 6) is -1.28. The number of amides is 1. The molecule has 0 saturated heterocycles. The molecule has 11 heteroatoms.